The number of nitrogens with two attached hydrogens (primary N) is 1. The standard InChI is InChI=1S/C16H23ClN4O2.HI/c1-23-14-8-7-12(9-13(14)17)21-16(18)19-10-15(22)20-11-5-3-2-4-6-11;/h7-9,11H,2-6,10H2,1H3,(H,20,22)(H3,18,19,21);1H. The number of carbonyl (C=O) groups excluding carboxylic acids is 1. The van der Waals surface area contributed by atoms with Crippen molar-refractivity contribution in [2.75, 3.05) is 19.0 Å². The van der Waals surface area contributed by atoms with Crippen LogP contribution in [0.3, 0.4) is 0 Å². The molecule has 8 heteroatoms. The lowest BCUT2D eigenvalue weighted by atomic mass is 9.95. The number of nitrogens with one attached hydrogen (secondary N) is 2. The summed E-state index contributed by atoms with van der Waals surface area (Å²) in [5.41, 5.74) is 6.48. The Kier molecular flexibility index (Phi) is 9.20. The topological polar surface area (TPSA) is 88.7 Å². The molecule has 24 heavy (non-hydrogen) atoms. The first-order chi connectivity index (χ1) is 11.1. The van der Waals surface area contributed by atoms with Crippen LogP contribution in [0.5, 0.6) is 5.75 Å². The van der Waals surface area contributed by atoms with Gasteiger partial charge in [-0.05, 0) is 31.0 Å². The van der Waals surface area contributed by atoms with Gasteiger partial charge in [0.1, 0.15) is 12.3 Å². The third kappa shape index (κ3) is 6.72. The van der Waals surface area contributed by atoms with Crippen LogP contribution in [0.2, 0.25) is 5.02 Å². The number of ether oxygens (including phenoxy) is 1. The van der Waals surface area contributed by atoms with E-state index >= 15 is 0 Å². The molecule has 1 aromatic rings. The zero-order chi connectivity index (χ0) is 16.7. The number of hydrogen-bond donors (Lipinski definition) is 3. The van der Waals surface area contributed by atoms with Gasteiger partial charge in [0.05, 0.1) is 12.1 Å². The van der Waals surface area contributed by atoms with Crippen LogP contribution in [0.15, 0.2) is 23.2 Å². The van der Waals surface area contributed by atoms with Crippen LogP contribution in [0.4, 0.5) is 5.69 Å². The Morgan fingerprint density at radius 2 is 2.08 bits per heavy atom. The fourth-order valence-corrected chi connectivity index (χ4v) is 2.87. The molecule has 2 rings (SSSR count). The second-order valence-corrected chi connectivity index (χ2v) is 5.99. The summed E-state index contributed by atoms with van der Waals surface area (Å²) in [4.78, 5) is 15.9. The smallest absolute Gasteiger partial charge is 0.242 e. The van der Waals surface area contributed by atoms with Crippen LogP contribution in [-0.4, -0.2) is 31.6 Å². The van der Waals surface area contributed by atoms with Crippen molar-refractivity contribution in [3.8, 4) is 5.75 Å². The second-order valence-electron chi connectivity index (χ2n) is 5.58. The summed E-state index contributed by atoms with van der Waals surface area (Å²) in [6.45, 7) is 0.0131. The Morgan fingerprint density at radius 3 is 2.71 bits per heavy atom. The van der Waals surface area contributed by atoms with Crippen molar-refractivity contribution < 1.29 is 9.53 Å². The van der Waals surface area contributed by atoms with Gasteiger partial charge in [-0.3, -0.25) is 4.79 Å². The number of amides is 1. The maximum atomic E-state index is 11.9. The number of nitrogens with zero attached hydrogens (tertiary/aromatic N) is 1. The van der Waals surface area contributed by atoms with E-state index in [4.69, 9.17) is 22.1 Å². The Hall–Kier alpha value is -1.22. The molecular formula is C16H24ClIN4O2. The van der Waals surface area contributed by atoms with Crippen LogP contribution >= 0.6 is 35.6 Å². The molecule has 0 bridgehead atoms. The number of carbonyl (C=O) groups is 1. The lowest BCUT2D eigenvalue weighted by Crippen LogP contribution is -2.38. The number of benzene rings is 1. The van der Waals surface area contributed by atoms with Gasteiger partial charge in [-0.1, -0.05) is 30.9 Å². The van der Waals surface area contributed by atoms with E-state index in [2.05, 4.69) is 15.6 Å². The van der Waals surface area contributed by atoms with Crippen molar-refractivity contribution in [1.29, 1.82) is 0 Å². The van der Waals surface area contributed by atoms with Crippen molar-refractivity contribution in [3.63, 3.8) is 0 Å². The second kappa shape index (κ2) is 10.6. The van der Waals surface area contributed by atoms with Crippen molar-refractivity contribution in [3.05, 3.63) is 23.2 Å². The molecule has 0 saturated heterocycles. The van der Waals surface area contributed by atoms with Crippen LogP contribution in [0.1, 0.15) is 32.1 Å². The van der Waals surface area contributed by atoms with Gasteiger partial charge in [0, 0.05) is 11.7 Å². The lowest BCUT2D eigenvalue weighted by molar-refractivity contribution is -0.120. The highest BCUT2D eigenvalue weighted by Gasteiger charge is 2.15. The zero-order valence-corrected chi connectivity index (χ0v) is 16.8. The third-order valence-electron chi connectivity index (χ3n) is 3.79. The molecule has 4 N–H and O–H groups in total. The summed E-state index contributed by atoms with van der Waals surface area (Å²) in [6.07, 6.45) is 5.71. The van der Waals surface area contributed by atoms with Crippen LogP contribution in [0, 0.1) is 0 Å². The number of anilines is 1. The molecule has 134 valence electrons. The Labute approximate surface area is 164 Å². The molecule has 0 heterocycles. The normalized spacial score (nSPS) is 15.3. The van der Waals surface area contributed by atoms with Gasteiger partial charge in [-0.25, -0.2) is 4.99 Å². The minimum absolute atomic E-state index is 0. The van der Waals surface area contributed by atoms with Gasteiger partial charge >= 0.3 is 0 Å². The highest BCUT2D eigenvalue weighted by Crippen LogP contribution is 2.27. The predicted molar refractivity (Wildman–Crippen MR) is 109 cm³/mol. The van der Waals surface area contributed by atoms with Gasteiger partial charge in [0.25, 0.3) is 0 Å². The molecule has 6 nitrogen and oxygen atoms in total. The summed E-state index contributed by atoms with van der Waals surface area (Å²) in [5.74, 6) is 0.652. The summed E-state index contributed by atoms with van der Waals surface area (Å²) in [6, 6.07) is 5.47. The van der Waals surface area contributed by atoms with E-state index in [-0.39, 0.29) is 48.4 Å². The van der Waals surface area contributed by atoms with Crippen LogP contribution in [-0.2, 0) is 4.79 Å². The minimum Gasteiger partial charge on any atom is -0.495 e. The summed E-state index contributed by atoms with van der Waals surface area (Å²) in [5, 5.41) is 6.37. The molecule has 1 aliphatic carbocycles. The molecule has 1 saturated carbocycles. The maximum absolute atomic E-state index is 11.9. The molecule has 1 amide bonds. The molecule has 1 aromatic carbocycles. The number of hydrogen-bond acceptors (Lipinski definition) is 3. The first-order valence-electron chi connectivity index (χ1n) is 7.78. The highest BCUT2D eigenvalue weighted by atomic mass is 127. The summed E-state index contributed by atoms with van der Waals surface area (Å²) < 4.78 is 5.08. The number of rotatable bonds is 5. The zero-order valence-electron chi connectivity index (χ0n) is 13.7. The SMILES string of the molecule is COc1ccc(NC(N)=NCC(=O)NC2CCCCC2)cc1Cl.I. The van der Waals surface area contributed by atoms with Crippen molar-refractivity contribution in [2.45, 2.75) is 38.1 Å². The van der Waals surface area contributed by atoms with Crippen LogP contribution in [0.25, 0.3) is 0 Å². The van der Waals surface area contributed by atoms with E-state index in [9.17, 15) is 4.79 Å². The Morgan fingerprint density at radius 1 is 1.38 bits per heavy atom. The first-order valence-corrected chi connectivity index (χ1v) is 8.16. The monoisotopic (exact) mass is 466 g/mol. The Balaban J connectivity index is 0.00000288. The first kappa shape index (κ1) is 20.8. The predicted octanol–water partition coefficient (Wildman–Crippen LogP) is 3.14. The number of methoxy groups -OCH3 is 1. The van der Waals surface area contributed by atoms with Crippen molar-refractivity contribution in [1.82, 2.24) is 5.32 Å². The minimum atomic E-state index is -0.102. The van der Waals surface area contributed by atoms with Gasteiger partial charge < -0.3 is 21.1 Å². The van der Waals surface area contributed by atoms with E-state index in [0.29, 0.717) is 16.5 Å². The quantitative estimate of drug-likeness (QED) is 0.353. The van der Waals surface area contributed by atoms with Crippen molar-refractivity contribution in [2.24, 2.45) is 10.7 Å². The van der Waals surface area contributed by atoms with Crippen LogP contribution < -0.4 is 21.1 Å². The number of guanidine groups is 1. The fourth-order valence-electron chi connectivity index (χ4n) is 2.61. The van der Waals surface area contributed by atoms with Gasteiger partial charge in [-0.2, -0.15) is 0 Å². The summed E-state index contributed by atoms with van der Waals surface area (Å²) in [7, 11) is 1.55. The molecule has 0 unspecified atom stereocenters. The van der Waals surface area contributed by atoms with E-state index in [0.717, 1.165) is 12.8 Å². The molecule has 0 aromatic heterocycles. The molecule has 0 radical (unpaired) electrons. The Bertz CT molecular complexity index is 577. The van der Waals surface area contributed by atoms with E-state index in [1.165, 1.54) is 19.3 Å². The molecule has 0 atom stereocenters. The fraction of sp³-hybridized carbons (Fsp3) is 0.500. The maximum Gasteiger partial charge on any atom is 0.242 e. The van der Waals surface area contributed by atoms with Gasteiger partial charge in [-0.15, -0.1) is 24.0 Å². The van der Waals surface area contributed by atoms with E-state index in [1.54, 1.807) is 25.3 Å². The van der Waals surface area contributed by atoms with Gasteiger partial charge in [0.2, 0.25) is 5.91 Å². The number of halogens is 2. The summed E-state index contributed by atoms with van der Waals surface area (Å²) >= 11 is 6.04. The molecular weight excluding hydrogens is 443 g/mol. The van der Waals surface area contributed by atoms with E-state index in [1.807, 2.05) is 0 Å². The average molecular weight is 467 g/mol. The van der Waals surface area contributed by atoms with Crippen molar-refractivity contribution >= 4 is 53.1 Å². The molecule has 0 aliphatic heterocycles. The largest absolute Gasteiger partial charge is 0.495 e. The number of aliphatic imine (C=N–C) groups is 1. The molecule has 0 spiro atoms. The van der Waals surface area contributed by atoms with E-state index < -0.39 is 0 Å². The molecule has 1 aliphatic rings. The third-order valence-corrected chi connectivity index (χ3v) is 4.08. The average Bonchev–Trinajstić information content (AvgIpc) is 2.54. The highest BCUT2D eigenvalue weighted by molar-refractivity contribution is 14.0. The lowest BCUT2D eigenvalue weighted by Gasteiger charge is -2.22. The van der Waals surface area contributed by atoms with Gasteiger partial charge in [0.15, 0.2) is 5.96 Å². The molecule has 1 fully saturated rings.